The van der Waals surface area contributed by atoms with Crippen molar-refractivity contribution in [1.82, 2.24) is 0 Å². The molecule has 0 saturated carbocycles. The minimum absolute atomic E-state index is 0.0823. The summed E-state index contributed by atoms with van der Waals surface area (Å²) in [5, 5.41) is 12.0. The lowest BCUT2D eigenvalue weighted by Crippen LogP contribution is -2.03. The maximum atomic E-state index is 11.4. The molecule has 0 bridgehead atoms. The lowest BCUT2D eigenvalue weighted by molar-refractivity contribution is -0.136. The Morgan fingerprint density at radius 1 is 1.38 bits per heavy atom. The zero-order chi connectivity index (χ0) is 9.84. The fraction of sp³-hybridized carbons (Fsp3) is 0.333. The first-order valence-corrected chi connectivity index (χ1v) is 4.83. The first-order valence-electron chi connectivity index (χ1n) is 3.89. The molecule has 1 rings (SSSR count). The Balaban J connectivity index is 2.59. The predicted octanol–water partition coefficient (Wildman–Crippen LogP) is 2.10. The summed E-state index contributed by atoms with van der Waals surface area (Å²) in [4.78, 5) is 21.6. The molecular weight excluding hydrogens is 188 g/mol. The van der Waals surface area contributed by atoms with Gasteiger partial charge in [-0.2, -0.15) is 11.3 Å². The highest BCUT2D eigenvalue weighted by atomic mass is 32.1. The Morgan fingerprint density at radius 3 is 2.54 bits per heavy atom. The number of hydrogen-bond acceptors (Lipinski definition) is 3. The second-order valence-corrected chi connectivity index (χ2v) is 3.53. The molecule has 0 unspecified atom stereocenters. The zero-order valence-electron chi connectivity index (χ0n) is 7.24. The predicted molar refractivity (Wildman–Crippen MR) is 50.3 cm³/mol. The van der Waals surface area contributed by atoms with Gasteiger partial charge in [-0.3, -0.25) is 9.59 Å². The van der Waals surface area contributed by atoms with Gasteiger partial charge in [0.1, 0.15) is 0 Å². The van der Waals surface area contributed by atoms with Gasteiger partial charge in [0.2, 0.25) is 0 Å². The van der Waals surface area contributed by atoms with Crippen LogP contribution >= 0.6 is 11.3 Å². The molecular formula is C9H10O3S. The van der Waals surface area contributed by atoms with E-state index in [9.17, 15) is 9.59 Å². The zero-order valence-corrected chi connectivity index (χ0v) is 8.06. The van der Waals surface area contributed by atoms with Crippen molar-refractivity contribution in [3.8, 4) is 0 Å². The van der Waals surface area contributed by atoms with Crippen molar-refractivity contribution >= 4 is 23.1 Å². The van der Waals surface area contributed by atoms with Crippen LogP contribution in [0, 0.1) is 6.92 Å². The van der Waals surface area contributed by atoms with E-state index in [1.165, 1.54) is 11.3 Å². The van der Waals surface area contributed by atoms with E-state index in [1.807, 2.05) is 12.3 Å². The third kappa shape index (κ3) is 2.66. The first-order chi connectivity index (χ1) is 6.11. The summed E-state index contributed by atoms with van der Waals surface area (Å²) >= 11 is 1.46. The standard InChI is InChI=1S/C9H10O3S/c1-6-4-13-5-7(6)8(10)2-3-9(11)12/h4-5H,2-3H2,1H3,(H,11,12). The third-order valence-electron chi connectivity index (χ3n) is 1.72. The van der Waals surface area contributed by atoms with E-state index >= 15 is 0 Å². The van der Waals surface area contributed by atoms with Crippen molar-refractivity contribution in [1.29, 1.82) is 0 Å². The van der Waals surface area contributed by atoms with Crippen molar-refractivity contribution in [2.75, 3.05) is 0 Å². The number of carboxylic acid groups (broad SMARTS) is 1. The van der Waals surface area contributed by atoms with Crippen LogP contribution in [0.15, 0.2) is 10.8 Å². The van der Waals surface area contributed by atoms with Crippen LogP contribution in [0.4, 0.5) is 0 Å². The molecule has 70 valence electrons. The minimum Gasteiger partial charge on any atom is -0.481 e. The fourth-order valence-electron chi connectivity index (χ4n) is 1.00. The van der Waals surface area contributed by atoms with Crippen molar-refractivity contribution in [3.63, 3.8) is 0 Å². The largest absolute Gasteiger partial charge is 0.481 e. The van der Waals surface area contributed by atoms with Gasteiger partial charge in [0, 0.05) is 17.4 Å². The van der Waals surface area contributed by atoms with E-state index < -0.39 is 5.97 Å². The number of Topliss-reactive ketones (excluding diaryl/α,β-unsaturated/α-hetero) is 1. The van der Waals surface area contributed by atoms with Gasteiger partial charge in [-0.05, 0) is 17.9 Å². The molecule has 0 aliphatic heterocycles. The number of ketones is 1. The summed E-state index contributed by atoms with van der Waals surface area (Å²) in [7, 11) is 0. The molecule has 0 spiro atoms. The van der Waals surface area contributed by atoms with Gasteiger partial charge in [0.15, 0.2) is 5.78 Å². The summed E-state index contributed by atoms with van der Waals surface area (Å²) in [6, 6.07) is 0. The number of carbonyl (C=O) groups excluding carboxylic acids is 1. The topological polar surface area (TPSA) is 54.4 Å². The number of aliphatic carboxylic acids is 1. The summed E-state index contributed by atoms with van der Waals surface area (Å²) in [6.45, 7) is 1.85. The molecule has 1 aromatic rings. The monoisotopic (exact) mass is 198 g/mol. The molecule has 0 amide bonds. The van der Waals surface area contributed by atoms with Crippen LogP contribution in [-0.2, 0) is 4.79 Å². The van der Waals surface area contributed by atoms with Crippen LogP contribution < -0.4 is 0 Å². The van der Waals surface area contributed by atoms with Crippen LogP contribution in [-0.4, -0.2) is 16.9 Å². The molecule has 0 fully saturated rings. The molecule has 1 heterocycles. The van der Waals surface area contributed by atoms with Crippen LogP contribution in [0.3, 0.4) is 0 Å². The smallest absolute Gasteiger partial charge is 0.303 e. The van der Waals surface area contributed by atoms with E-state index in [0.29, 0.717) is 5.56 Å². The Hall–Kier alpha value is -1.16. The van der Waals surface area contributed by atoms with E-state index in [0.717, 1.165) is 5.56 Å². The molecule has 0 saturated heterocycles. The normalized spacial score (nSPS) is 9.92. The van der Waals surface area contributed by atoms with Crippen LogP contribution in [0.5, 0.6) is 0 Å². The molecule has 1 aromatic heterocycles. The third-order valence-corrected chi connectivity index (χ3v) is 2.58. The molecule has 0 aromatic carbocycles. The number of rotatable bonds is 4. The highest BCUT2D eigenvalue weighted by molar-refractivity contribution is 7.08. The molecule has 1 N–H and O–H groups in total. The molecule has 13 heavy (non-hydrogen) atoms. The van der Waals surface area contributed by atoms with Gasteiger partial charge < -0.3 is 5.11 Å². The van der Waals surface area contributed by atoms with E-state index in [4.69, 9.17) is 5.11 Å². The van der Waals surface area contributed by atoms with Crippen LogP contribution in [0.2, 0.25) is 0 Å². The summed E-state index contributed by atoms with van der Waals surface area (Å²) < 4.78 is 0. The number of thiophene rings is 1. The van der Waals surface area contributed by atoms with Gasteiger partial charge in [-0.1, -0.05) is 0 Å². The Kier molecular flexibility index (Phi) is 3.19. The fourth-order valence-corrected chi connectivity index (χ4v) is 1.85. The second-order valence-electron chi connectivity index (χ2n) is 2.79. The van der Waals surface area contributed by atoms with Crippen molar-refractivity contribution in [2.45, 2.75) is 19.8 Å². The van der Waals surface area contributed by atoms with Gasteiger partial charge >= 0.3 is 5.97 Å². The summed E-state index contributed by atoms with van der Waals surface area (Å²) in [6.07, 6.45) is 0.00102. The highest BCUT2D eigenvalue weighted by Crippen LogP contribution is 2.16. The van der Waals surface area contributed by atoms with E-state index in [-0.39, 0.29) is 18.6 Å². The number of hydrogen-bond donors (Lipinski definition) is 1. The van der Waals surface area contributed by atoms with Gasteiger partial charge in [-0.15, -0.1) is 0 Å². The van der Waals surface area contributed by atoms with Gasteiger partial charge in [0.05, 0.1) is 6.42 Å². The first kappa shape index (κ1) is 9.92. The Bertz CT molecular complexity index is 327. The van der Waals surface area contributed by atoms with Crippen molar-refractivity contribution in [2.24, 2.45) is 0 Å². The molecule has 0 atom stereocenters. The van der Waals surface area contributed by atoms with Crippen LogP contribution in [0.25, 0.3) is 0 Å². The van der Waals surface area contributed by atoms with E-state index in [1.54, 1.807) is 5.38 Å². The number of carbonyl (C=O) groups is 2. The van der Waals surface area contributed by atoms with Gasteiger partial charge in [0.25, 0.3) is 0 Å². The van der Waals surface area contributed by atoms with Crippen molar-refractivity contribution < 1.29 is 14.7 Å². The lowest BCUT2D eigenvalue weighted by atomic mass is 10.1. The average Bonchev–Trinajstić information content (AvgIpc) is 2.47. The molecule has 0 aliphatic carbocycles. The minimum atomic E-state index is -0.929. The van der Waals surface area contributed by atoms with Crippen molar-refractivity contribution in [3.05, 3.63) is 21.9 Å². The Morgan fingerprint density at radius 2 is 2.08 bits per heavy atom. The lowest BCUT2D eigenvalue weighted by Gasteiger charge is -1.96. The average molecular weight is 198 g/mol. The SMILES string of the molecule is Cc1cscc1C(=O)CCC(=O)O. The quantitative estimate of drug-likeness (QED) is 0.754. The van der Waals surface area contributed by atoms with Crippen LogP contribution in [0.1, 0.15) is 28.8 Å². The molecule has 3 nitrogen and oxygen atoms in total. The molecule has 0 radical (unpaired) electrons. The second kappa shape index (κ2) is 4.18. The van der Waals surface area contributed by atoms with E-state index in [2.05, 4.69) is 0 Å². The Labute approximate surface area is 80.0 Å². The maximum Gasteiger partial charge on any atom is 0.303 e. The highest BCUT2D eigenvalue weighted by Gasteiger charge is 2.10. The number of aryl methyl sites for hydroxylation is 1. The summed E-state index contributed by atoms with van der Waals surface area (Å²) in [5.41, 5.74) is 1.59. The molecule has 4 heteroatoms. The maximum absolute atomic E-state index is 11.4. The van der Waals surface area contributed by atoms with Gasteiger partial charge in [-0.25, -0.2) is 0 Å². The number of carboxylic acids is 1. The molecule has 0 aliphatic rings. The summed E-state index contributed by atoms with van der Waals surface area (Å²) in [5.74, 6) is -1.01.